The first-order valence-corrected chi connectivity index (χ1v) is 2.61. The molecule has 1 atom stereocenters. The summed E-state index contributed by atoms with van der Waals surface area (Å²) in [7, 11) is 0. The van der Waals surface area contributed by atoms with E-state index in [0.717, 1.165) is 0 Å². The molecule has 2 nitrogen and oxygen atoms in total. The highest BCUT2D eigenvalue weighted by molar-refractivity contribution is 4.99. The third kappa shape index (κ3) is 1.51. The fourth-order valence-electron chi connectivity index (χ4n) is 0.312. The third-order valence-electron chi connectivity index (χ3n) is 1.21. The SMILES string of the molecule is [CH2]CC(O)(C#N)CC. The molecule has 0 heterocycles. The summed E-state index contributed by atoms with van der Waals surface area (Å²) in [4.78, 5) is 0. The summed E-state index contributed by atoms with van der Waals surface area (Å²) < 4.78 is 0. The van der Waals surface area contributed by atoms with Gasteiger partial charge in [-0.3, -0.25) is 0 Å². The van der Waals surface area contributed by atoms with Crippen LogP contribution in [0.25, 0.3) is 0 Å². The smallest absolute Gasteiger partial charge is 0.150 e. The molecular formula is C6H10NO. The summed E-state index contributed by atoms with van der Waals surface area (Å²) in [5, 5.41) is 17.3. The third-order valence-corrected chi connectivity index (χ3v) is 1.21. The average molecular weight is 112 g/mol. The van der Waals surface area contributed by atoms with Crippen molar-refractivity contribution in [3.8, 4) is 6.07 Å². The van der Waals surface area contributed by atoms with Crippen LogP contribution in [-0.2, 0) is 0 Å². The van der Waals surface area contributed by atoms with Gasteiger partial charge in [0.25, 0.3) is 0 Å². The first-order chi connectivity index (χ1) is 3.68. The first-order valence-electron chi connectivity index (χ1n) is 2.61. The van der Waals surface area contributed by atoms with E-state index in [9.17, 15) is 0 Å². The number of rotatable bonds is 2. The van der Waals surface area contributed by atoms with Gasteiger partial charge in [-0.25, -0.2) is 0 Å². The van der Waals surface area contributed by atoms with Crippen LogP contribution < -0.4 is 0 Å². The van der Waals surface area contributed by atoms with Crippen LogP contribution in [0.1, 0.15) is 19.8 Å². The molecule has 8 heavy (non-hydrogen) atoms. The van der Waals surface area contributed by atoms with Crippen molar-refractivity contribution in [1.29, 1.82) is 5.26 Å². The summed E-state index contributed by atoms with van der Waals surface area (Å²) in [5.74, 6) is 0. The van der Waals surface area contributed by atoms with Crippen molar-refractivity contribution in [3.63, 3.8) is 0 Å². The van der Waals surface area contributed by atoms with Gasteiger partial charge in [0.15, 0.2) is 5.60 Å². The van der Waals surface area contributed by atoms with Crippen LogP contribution in [0.4, 0.5) is 0 Å². The van der Waals surface area contributed by atoms with Gasteiger partial charge in [-0.1, -0.05) is 6.92 Å². The Bertz CT molecular complexity index is 99.6. The van der Waals surface area contributed by atoms with Crippen LogP contribution in [0, 0.1) is 18.3 Å². The van der Waals surface area contributed by atoms with E-state index < -0.39 is 5.60 Å². The molecule has 1 radical (unpaired) electrons. The van der Waals surface area contributed by atoms with Crippen LogP contribution >= 0.6 is 0 Å². The van der Waals surface area contributed by atoms with Crippen molar-refractivity contribution in [2.45, 2.75) is 25.4 Å². The molecule has 0 bridgehead atoms. The second kappa shape index (κ2) is 2.68. The van der Waals surface area contributed by atoms with Crippen LogP contribution in [-0.4, -0.2) is 10.7 Å². The molecule has 1 N–H and O–H groups in total. The molecule has 0 aliphatic heterocycles. The number of nitrogens with zero attached hydrogens (tertiary/aromatic N) is 1. The number of hydrogen-bond donors (Lipinski definition) is 1. The topological polar surface area (TPSA) is 44.0 Å². The molecule has 0 saturated carbocycles. The normalized spacial score (nSPS) is 10.8. The molecule has 0 rings (SSSR count). The minimum absolute atomic E-state index is 0.264. The summed E-state index contributed by atoms with van der Waals surface area (Å²) in [6, 6.07) is 1.77. The lowest BCUT2D eigenvalue weighted by atomic mass is 10.0. The van der Waals surface area contributed by atoms with Crippen molar-refractivity contribution in [1.82, 2.24) is 0 Å². The molecule has 0 aliphatic rings. The van der Waals surface area contributed by atoms with Crippen LogP contribution in [0.2, 0.25) is 0 Å². The van der Waals surface area contributed by atoms with Crippen molar-refractivity contribution >= 4 is 0 Å². The highest BCUT2D eigenvalue weighted by Crippen LogP contribution is 2.11. The molecule has 0 amide bonds. The molecule has 45 valence electrons. The van der Waals surface area contributed by atoms with E-state index in [2.05, 4.69) is 6.92 Å². The van der Waals surface area contributed by atoms with E-state index in [1.165, 1.54) is 0 Å². The van der Waals surface area contributed by atoms with Crippen molar-refractivity contribution in [3.05, 3.63) is 6.92 Å². The van der Waals surface area contributed by atoms with E-state index in [1.54, 1.807) is 13.0 Å². The first kappa shape index (κ1) is 7.45. The molecular weight excluding hydrogens is 102 g/mol. The van der Waals surface area contributed by atoms with Gasteiger partial charge in [0.2, 0.25) is 0 Å². The van der Waals surface area contributed by atoms with Crippen molar-refractivity contribution in [2.75, 3.05) is 0 Å². The molecule has 0 spiro atoms. The summed E-state index contributed by atoms with van der Waals surface area (Å²) in [6.45, 7) is 5.19. The largest absolute Gasteiger partial charge is 0.375 e. The molecule has 0 fully saturated rings. The lowest BCUT2D eigenvalue weighted by Crippen LogP contribution is -2.23. The minimum Gasteiger partial charge on any atom is -0.375 e. The van der Waals surface area contributed by atoms with Gasteiger partial charge in [0.05, 0.1) is 6.07 Å². The predicted molar refractivity (Wildman–Crippen MR) is 30.8 cm³/mol. The number of hydrogen-bond acceptors (Lipinski definition) is 2. The van der Waals surface area contributed by atoms with Gasteiger partial charge in [0, 0.05) is 0 Å². The average Bonchev–Trinajstić information content (AvgIpc) is 1.87. The fourth-order valence-corrected chi connectivity index (χ4v) is 0.312. The van der Waals surface area contributed by atoms with E-state index in [0.29, 0.717) is 6.42 Å². The Labute approximate surface area is 49.8 Å². The Hall–Kier alpha value is -0.550. The van der Waals surface area contributed by atoms with Gasteiger partial charge in [-0.2, -0.15) is 5.26 Å². The Morgan fingerprint density at radius 1 is 1.88 bits per heavy atom. The Morgan fingerprint density at radius 3 is 2.38 bits per heavy atom. The molecule has 0 aromatic heterocycles. The molecule has 0 aromatic rings. The highest BCUT2D eigenvalue weighted by Gasteiger charge is 2.19. The van der Waals surface area contributed by atoms with Gasteiger partial charge >= 0.3 is 0 Å². The zero-order chi connectivity index (χ0) is 6.62. The van der Waals surface area contributed by atoms with Gasteiger partial charge in [-0.15, -0.1) is 0 Å². The van der Waals surface area contributed by atoms with Crippen molar-refractivity contribution < 1.29 is 5.11 Å². The lowest BCUT2D eigenvalue weighted by Gasteiger charge is -2.13. The Balaban J connectivity index is 3.83. The van der Waals surface area contributed by atoms with Crippen LogP contribution in [0.5, 0.6) is 0 Å². The van der Waals surface area contributed by atoms with Crippen LogP contribution in [0.3, 0.4) is 0 Å². The Morgan fingerprint density at radius 2 is 2.38 bits per heavy atom. The van der Waals surface area contributed by atoms with Gasteiger partial charge in [0.1, 0.15) is 0 Å². The minimum atomic E-state index is -1.18. The van der Waals surface area contributed by atoms with Gasteiger partial charge < -0.3 is 5.11 Å². The second-order valence-corrected chi connectivity index (χ2v) is 1.75. The van der Waals surface area contributed by atoms with E-state index in [-0.39, 0.29) is 6.42 Å². The fraction of sp³-hybridized carbons (Fsp3) is 0.667. The number of aliphatic hydroxyl groups is 1. The monoisotopic (exact) mass is 112 g/mol. The van der Waals surface area contributed by atoms with E-state index >= 15 is 0 Å². The van der Waals surface area contributed by atoms with Gasteiger partial charge in [-0.05, 0) is 19.8 Å². The molecule has 0 saturated heterocycles. The van der Waals surface area contributed by atoms with Crippen molar-refractivity contribution in [2.24, 2.45) is 0 Å². The Kier molecular flexibility index (Phi) is 2.50. The quantitative estimate of drug-likeness (QED) is 0.539. The lowest BCUT2D eigenvalue weighted by molar-refractivity contribution is 0.0974. The maximum atomic E-state index is 9.01. The predicted octanol–water partition coefficient (Wildman–Crippen LogP) is 0.875. The summed E-state index contributed by atoms with van der Waals surface area (Å²) in [6.07, 6.45) is 0.715. The second-order valence-electron chi connectivity index (χ2n) is 1.75. The van der Waals surface area contributed by atoms with Crippen LogP contribution in [0.15, 0.2) is 0 Å². The number of nitriles is 1. The standard InChI is InChI=1S/C6H10NO/c1-3-6(8,4-2)5-7/h8H,1,3-4H2,2H3. The summed E-state index contributed by atoms with van der Waals surface area (Å²) in [5.41, 5.74) is -1.18. The molecule has 0 aromatic carbocycles. The molecule has 1 unspecified atom stereocenters. The van der Waals surface area contributed by atoms with E-state index in [4.69, 9.17) is 10.4 Å². The maximum absolute atomic E-state index is 9.01. The highest BCUT2D eigenvalue weighted by atomic mass is 16.3. The molecule has 0 aliphatic carbocycles. The zero-order valence-corrected chi connectivity index (χ0v) is 5.02. The van der Waals surface area contributed by atoms with E-state index in [1.807, 2.05) is 0 Å². The zero-order valence-electron chi connectivity index (χ0n) is 5.02. The molecule has 2 heteroatoms. The maximum Gasteiger partial charge on any atom is 0.150 e. The summed E-state index contributed by atoms with van der Waals surface area (Å²) >= 11 is 0.